The first-order valence-electron chi connectivity index (χ1n) is 6.79. The standard InChI is InChI=1S/C14H20N4O/c1-10-17-13-3-2-11(6-14(13)18-10)7-16-9-12-8-15-4-5-19-12/h2-3,6,12,15-16H,4-5,7-9H2,1H3,(H,17,18). The van der Waals surface area contributed by atoms with E-state index in [9.17, 15) is 0 Å². The SMILES string of the molecule is Cc1nc2ccc(CNCC3CNCCO3)cc2[nH]1. The molecule has 1 aromatic carbocycles. The van der Waals surface area contributed by atoms with Gasteiger partial charge in [0, 0.05) is 26.2 Å². The van der Waals surface area contributed by atoms with Crippen molar-refractivity contribution in [1.82, 2.24) is 20.6 Å². The molecule has 2 heterocycles. The van der Waals surface area contributed by atoms with Crippen LogP contribution in [0, 0.1) is 6.92 Å². The third-order valence-corrected chi connectivity index (χ3v) is 3.37. The summed E-state index contributed by atoms with van der Waals surface area (Å²) in [6, 6.07) is 6.34. The zero-order valence-electron chi connectivity index (χ0n) is 11.2. The van der Waals surface area contributed by atoms with E-state index in [4.69, 9.17) is 4.74 Å². The number of H-pyrrole nitrogens is 1. The highest BCUT2D eigenvalue weighted by molar-refractivity contribution is 5.75. The van der Waals surface area contributed by atoms with Gasteiger partial charge in [-0.2, -0.15) is 0 Å². The summed E-state index contributed by atoms with van der Waals surface area (Å²) in [5.74, 6) is 0.960. The van der Waals surface area contributed by atoms with Crippen molar-refractivity contribution in [1.29, 1.82) is 0 Å². The van der Waals surface area contributed by atoms with Crippen molar-refractivity contribution in [2.75, 3.05) is 26.2 Å². The van der Waals surface area contributed by atoms with Crippen LogP contribution < -0.4 is 10.6 Å². The molecule has 5 heteroatoms. The summed E-state index contributed by atoms with van der Waals surface area (Å²) in [6.07, 6.45) is 0.284. The molecule has 0 spiro atoms. The monoisotopic (exact) mass is 260 g/mol. The van der Waals surface area contributed by atoms with Crippen LogP contribution in [0.3, 0.4) is 0 Å². The summed E-state index contributed by atoms with van der Waals surface area (Å²) >= 11 is 0. The molecule has 1 aliphatic rings. The van der Waals surface area contributed by atoms with Crippen molar-refractivity contribution in [3.05, 3.63) is 29.6 Å². The van der Waals surface area contributed by atoms with E-state index >= 15 is 0 Å². The predicted molar refractivity (Wildman–Crippen MR) is 75.1 cm³/mol. The Hall–Kier alpha value is -1.43. The highest BCUT2D eigenvalue weighted by atomic mass is 16.5. The molecule has 1 saturated heterocycles. The smallest absolute Gasteiger partial charge is 0.104 e. The van der Waals surface area contributed by atoms with E-state index in [-0.39, 0.29) is 6.10 Å². The molecule has 2 aromatic rings. The van der Waals surface area contributed by atoms with E-state index in [1.54, 1.807) is 0 Å². The number of hydrogen-bond donors (Lipinski definition) is 3. The van der Waals surface area contributed by atoms with Crippen LogP contribution in [-0.4, -0.2) is 42.3 Å². The minimum absolute atomic E-state index is 0.284. The van der Waals surface area contributed by atoms with Gasteiger partial charge in [-0.1, -0.05) is 6.07 Å². The number of rotatable bonds is 4. The van der Waals surface area contributed by atoms with E-state index < -0.39 is 0 Å². The first-order valence-corrected chi connectivity index (χ1v) is 6.79. The number of ether oxygens (including phenoxy) is 1. The maximum Gasteiger partial charge on any atom is 0.104 e. The second-order valence-electron chi connectivity index (χ2n) is 5.00. The van der Waals surface area contributed by atoms with Crippen molar-refractivity contribution >= 4 is 11.0 Å². The molecule has 1 atom stereocenters. The summed E-state index contributed by atoms with van der Waals surface area (Å²) in [5, 5.41) is 6.78. The lowest BCUT2D eigenvalue weighted by molar-refractivity contribution is 0.0291. The first-order chi connectivity index (χ1) is 9.31. The average Bonchev–Trinajstić information content (AvgIpc) is 2.79. The number of imidazole rings is 1. The highest BCUT2D eigenvalue weighted by Crippen LogP contribution is 2.13. The van der Waals surface area contributed by atoms with Gasteiger partial charge in [0.15, 0.2) is 0 Å². The fourth-order valence-corrected chi connectivity index (χ4v) is 2.42. The number of morpholine rings is 1. The molecule has 1 unspecified atom stereocenters. The molecule has 1 aromatic heterocycles. The number of aryl methyl sites for hydroxylation is 1. The molecule has 19 heavy (non-hydrogen) atoms. The fourth-order valence-electron chi connectivity index (χ4n) is 2.42. The number of nitrogens with one attached hydrogen (secondary N) is 3. The summed E-state index contributed by atoms with van der Waals surface area (Å²) in [5.41, 5.74) is 3.40. The molecule has 1 aliphatic heterocycles. The predicted octanol–water partition coefficient (Wildman–Crippen LogP) is 0.949. The molecule has 5 nitrogen and oxygen atoms in total. The summed E-state index contributed by atoms with van der Waals surface area (Å²) in [6.45, 7) is 6.43. The van der Waals surface area contributed by atoms with Crippen LogP contribution in [0.5, 0.6) is 0 Å². The Kier molecular flexibility index (Phi) is 3.77. The summed E-state index contributed by atoms with van der Waals surface area (Å²) in [7, 11) is 0. The van der Waals surface area contributed by atoms with E-state index in [1.807, 2.05) is 6.92 Å². The van der Waals surface area contributed by atoms with Gasteiger partial charge in [0.25, 0.3) is 0 Å². The van der Waals surface area contributed by atoms with Crippen LogP contribution in [0.4, 0.5) is 0 Å². The highest BCUT2D eigenvalue weighted by Gasteiger charge is 2.12. The number of nitrogens with zero attached hydrogens (tertiary/aromatic N) is 1. The normalized spacial score (nSPS) is 19.9. The lowest BCUT2D eigenvalue weighted by atomic mass is 10.2. The van der Waals surface area contributed by atoms with Crippen LogP contribution >= 0.6 is 0 Å². The topological polar surface area (TPSA) is 62.0 Å². The lowest BCUT2D eigenvalue weighted by Gasteiger charge is -2.23. The minimum atomic E-state index is 0.284. The molecule has 0 bridgehead atoms. The number of aromatic nitrogens is 2. The molecular formula is C14H20N4O. The van der Waals surface area contributed by atoms with Crippen LogP contribution in [0.1, 0.15) is 11.4 Å². The van der Waals surface area contributed by atoms with Gasteiger partial charge in [-0.05, 0) is 24.6 Å². The van der Waals surface area contributed by atoms with Crippen molar-refractivity contribution in [2.24, 2.45) is 0 Å². The summed E-state index contributed by atoms with van der Waals surface area (Å²) < 4.78 is 5.65. The number of hydrogen-bond acceptors (Lipinski definition) is 4. The third-order valence-electron chi connectivity index (χ3n) is 3.37. The molecular weight excluding hydrogens is 240 g/mol. The van der Waals surface area contributed by atoms with E-state index in [2.05, 4.69) is 38.8 Å². The van der Waals surface area contributed by atoms with Crippen molar-refractivity contribution in [3.8, 4) is 0 Å². The Morgan fingerprint density at radius 1 is 1.47 bits per heavy atom. The van der Waals surface area contributed by atoms with Crippen molar-refractivity contribution in [3.63, 3.8) is 0 Å². The van der Waals surface area contributed by atoms with Crippen LogP contribution in [0.2, 0.25) is 0 Å². The molecule has 0 amide bonds. The number of aromatic amines is 1. The van der Waals surface area contributed by atoms with E-state index in [1.165, 1.54) is 5.56 Å². The number of benzene rings is 1. The summed E-state index contributed by atoms with van der Waals surface area (Å²) in [4.78, 5) is 7.67. The third kappa shape index (κ3) is 3.12. The molecule has 3 rings (SSSR count). The molecule has 0 aliphatic carbocycles. The zero-order chi connectivity index (χ0) is 13.1. The quantitative estimate of drug-likeness (QED) is 0.766. The Morgan fingerprint density at radius 3 is 3.26 bits per heavy atom. The molecule has 0 radical (unpaired) electrons. The van der Waals surface area contributed by atoms with Gasteiger partial charge in [-0.15, -0.1) is 0 Å². The molecule has 3 N–H and O–H groups in total. The van der Waals surface area contributed by atoms with Crippen molar-refractivity contribution < 1.29 is 4.74 Å². The van der Waals surface area contributed by atoms with Gasteiger partial charge in [-0.25, -0.2) is 4.98 Å². The van der Waals surface area contributed by atoms with Gasteiger partial charge in [-0.3, -0.25) is 0 Å². The minimum Gasteiger partial charge on any atom is -0.374 e. The Balaban J connectivity index is 1.55. The van der Waals surface area contributed by atoms with Gasteiger partial charge in [0.1, 0.15) is 5.82 Å². The number of fused-ring (bicyclic) bond motifs is 1. The van der Waals surface area contributed by atoms with Crippen molar-refractivity contribution in [2.45, 2.75) is 19.6 Å². The Bertz CT molecular complexity index is 545. The van der Waals surface area contributed by atoms with Gasteiger partial charge < -0.3 is 20.4 Å². The van der Waals surface area contributed by atoms with Gasteiger partial charge >= 0.3 is 0 Å². The Labute approximate surface area is 112 Å². The van der Waals surface area contributed by atoms with E-state index in [0.29, 0.717) is 0 Å². The average molecular weight is 260 g/mol. The van der Waals surface area contributed by atoms with Crippen LogP contribution in [-0.2, 0) is 11.3 Å². The lowest BCUT2D eigenvalue weighted by Crippen LogP contribution is -2.43. The maximum absolute atomic E-state index is 5.65. The van der Waals surface area contributed by atoms with E-state index in [0.717, 1.165) is 49.6 Å². The zero-order valence-corrected chi connectivity index (χ0v) is 11.2. The first kappa shape index (κ1) is 12.6. The molecule has 0 saturated carbocycles. The molecule has 1 fully saturated rings. The second kappa shape index (κ2) is 5.69. The van der Waals surface area contributed by atoms with Crippen LogP contribution in [0.15, 0.2) is 18.2 Å². The Morgan fingerprint density at radius 2 is 2.42 bits per heavy atom. The molecule has 102 valence electrons. The largest absolute Gasteiger partial charge is 0.374 e. The second-order valence-corrected chi connectivity index (χ2v) is 5.00. The maximum atomic E-state index is 5.65. The fraction of sp³-hybridized carbons (Fsp3) is 0.500. The van der Waals surface area contributed by atoms with Gasteiger partial charge in [0.2, 0.25) is 0 Å². The van der Waals surface area contributed by atoms with Gasteiger partial charge in [0.05, 0.1) is 23.7 Å². The van der Waals surface area contributed by atoms with Crippen LogP contribution in [0.25, 0.3) is 11.0 Å².